The highest BCUT2D eigenvalue weighted by atomic mass is 79.9. The van der Waals surface area contributed by atoms with Crippen LogP contribution in [0, 0.1) is 13.8 Å². The van der Waals surface area contributed by atoms with Gasteiger partial charge in [0.2, 0.25) is 5.91 Å². The fraction of sp³-hybridized carbons (Fsp3) is 0.462. The van der Waals surface area contributed by atoms with Crippen molar-refractivity contribution >= 4 is 39.3 Å². The van der Waals surface area contributed by atoms with Gasteiger partial charge in [-0.05, 0) is 55.5 Å². The van der Waals surface area contributed by atoms with Crippen molar-refractivity contribution in [3.63, 3.8) is 0 Å². The van der Waals surface area contributed by atoms with Gasteiger partial charge in [0.25, 0.3) is 0 Å². The zero-order valence-corrected chi connectivity index (χ0v) is 13.3. The van der Waals surface area contributed by atoms with Gasteiger partial charge in [0.1, 0.15) is 0 Å². The first-order chi connectivity index (χ1) is 8.45. The summed E-state index contributed by atoms with van der Waals surface area (Å²) in [6.45, 7) is 4.00. The molecule has 0 unspecified atom stereocenters. The van der Waals surface area contributed by atoms with E-state index in [0.29, 0.717) is 6.42 Å². The summed E-state index contributed by atoms with van der Waals surface area (Å²) in [7, 11) is 0. The van der Waals surface area contributed by atoms with E-state index >= 15 is 0 Å². The van der Waals surface area contributed by atoms with E-state index < -0.39 is 6.04 Å². The molecule has 0 saturated carbocycles. The van der Waals surface area contributed by atoms with Gasteiger partial charge in [-0.1, -0.05) is 15.9 Å². The number of aryl methyl sites for hydroxylation is 2. The van der Waals surface area contributed by atoms with Crippen LogP contribution >= 0.6 is 27.7 Å². The van der Waals surface area contributed by atoms with Crippen LogP contribution in [0.4, 0.5) is 5.69 Å². The molecular formula is C13H19BrN2OS. The second kappa shape index (κ2) is 7.16. The van der Waals surface area contributed by atoms with Crippen LogP contribution in [0.2, 0.25) is 0 Å². The van der Waals surface area contributed by atoms with Crippen LogP contribution in [0.5, 0.6) is 0 Å². The second-order valence-corrected chi connectivity index (χ2v) is 6.08. The number of amides is 1. The summed E-state index contributed by atoms with van der Waals surface area (Å²) in [5.74, 6) is 0.776. The SMILES string of the molecule is CSCC[C@H](N)C(=O)Nc1cc(C)c(Br)c(C)c1. The fourth-order valence-corrected chi connectivity index (χ4v) is 2.35. The molecule has 0 spiro atoms. The van der Waals surface area contributed by atoms with E-state index in [2.05, 4.69) is 21.2 Å². The molecule has 0 aliphatic rings. The normalized spacial score (nSPS) is 12.3. The third-order valence-electron chi connectivity index (χ3n) is 2.67. The highest BCUT2D eigenvalue weighted by Gasteiger charge is 2.13. The Bertz CT molecular complexity index is 414. The molecule has 1 aromatic rings. The minimum atomic E-state index is -0.443. The highest BCUT2D eigenvalue weighted by molar-refractivity contribution is 9.10. The first-order valence-electron chi connectivity index (χ1n) is 5.77. The summed E-state index contributed by atoms with van der Waals surface area (Å²) in [4.78, 5) is 11.9. The Kier molecular flexibility index (Phi) is 6.18. The van der Waals surface area contributed by atoms with Crippen LogP contribution in [-0.4, -0.2) is 24.0 Å². The third-order valence-corrected chi connectivity index (χ3v) is 4.57. The van der Waals surface area contributed by atoms with Gasteiger partial charge in [0.05, 0.1) is 6.04 Å². The number of carbonyl (C=O) groups is 1. The Morgan fingerprint density at radius 2 is 2.00 bits per heavy atom. The van der Waals surface area contributed by atoms with Crippen LogP contribution in [0.25, 0.3) is 0 Å². The maximum absolute atomic E-state index is 11.9. The van der Waals surface area contributed by atoms with E-state index in [9.17, 15) is 4.79 Å². The number of benzene rings is 1. The van der Waals surface area contributed by atoms with Crippen molar-refractivity contribution in [1.29, 1.82) is 0 Å². The van der Waals surface area contributed by atoms with Crippen molar-refractivity contribution in [2.24, 2.45) is 5.73 Å². The van der Waals surface area contributed by atoms with E-state index in [1.807, 2.05) is 32.2 Å². The van der Waals surface area contributed by atoms with Crippen molar-refractivity contribution < 1.29 is 4.79 Å². The third kappa shape index (κ3) is 4.30. The molecule has 1 amide bonds. The number of hydrogen-bond acceptors (Lipinski definition) is 3. The average molecular weight is 331 g/mol. The van der Waals surface area contributed by atoms with Crippen LogP contribution in [0.15, 0.2) is 16.6 Å². The standard InChI is InChI=1S/C13H19BrN2OS/c1-8-6-10(7-9(2)12(8)14)16-13(17)11(15)4-5-18-3/h6-7,11H,4-5,15H2,1-3H3,(H,16,17)/t11-/m0/s1. The number of halogens is 1. The zero-order valence-electron chi connectivity index (χ0n) is 10.9. The number of thioether (sulfide) groups is 1. The zero-order chi connectivity index (χ0) is 13.7. The van der Waals surface area contributed by atoms with Gasteiger partial charge in [-0.2, -0.15) is 11.8 Å². The summed E-state index contributed by atoms with van der Waals surface area (Å²) >= 11 is 5.20. The minimum Gasteiger partial charge on any atom is -0.325 e. The lowest BCUT2D eigenvalue weighted by molar-refractivity contribution is -0.117. The van der Waals surface area contributed by atoms with Gasteiger partial charge in [0.15, 0.2) is 0 Å². The topological polar surface area (TPSA) is 55.1 Å². The quantitative estimate of drug-likeness (QED) is 0.872. The van der Waals surface area contributed by atoms with Crippen LogP contribution in [0.1, 0.15) is 17.5 Å². The smallest absolute Gasteiger partial charge is 0.241 e. The summed E-state index contributed by atoms with van der Waals surface area (Å²) in [6.07, 6.45) is 2.70. The molecule has 0 bridgehead atoms. The van der Waals surface area contributed by atoms with Crippen LogP contribution in [-0.2, 0) is 4.79 Å². The Labute approximate surface area is 121 Å². The monoisotopic (exact) mass is 330 g/mol. The maximum Gasteiger partial charge on any atom is 0.241 e. The predicted octanol–water partition coefficient (Wildman–Crippen LogP) is 3.08. The summed E-state index contributed by atoms with van der Waals surface area (Å²) in [5.41, 5.74) is 8.83. The van der Waals surface area contributed by atoms with E-state index in [-0.39, 0.29) is 5.91 Å². The maximum atomic E-state index is 11.9. The van der Waals surface area contributed by atoms with Crippen molar-refractivity contribution in [3.8, 4) is 0 Å². The molecule has 0 radical (unpaired) electrons. The molecular weight excluding hydrogens is 312 g/mol. The molecule has 3 nitrogen and oxygen atoms in total. The van der Waals surface area contributed by atoms with Gasteiger partial charge in [-0.25, -0.2) is 0 Å². The molecule has 18 heavy (non-hydrogen) atoms. The number of carbonyl (C=O) groups excluding carboxylic acids is 1. The molecule has 0 aliphatic carbocycles. The fourth-order valence-electron chi connectivity index (χ4n) is 1.63. The lowest BCUT2D eigenvalue weighted by Gasteiger charge is -2.13. The molecule has 0 saturated heterocycles. The van der Waals surface area contributed by atoms with Crippen molar-refractivity contribution in [2.45, 2.75) is 26.3 Å². The van der Waals surface area contributed by atoms with E-state index in [1.165, 1.54) is 0 Å². The van der Waals surface area contributed by atoms with Crippen molar-refractivity contribution in [2.75, 3.05) is 17.3 Å². The van der Waals surface area contributed by atoms with E-state index in [4.69, 9.17) is 5.73 Å². The Hall–Kier alpha value is -0.520. The Morgan fingerprint density at radius 3 is 2.50 bits per heavy atom. The van der Waals surface area contributed by atoms with Gasteiger partial charge in [-0.3, -0.25) is 4.79 Å². The van der Waals surface area contributed by atoms with Crippen molar-refractivity contribution in [1.82, 2.24) is 0 Å². The van der Waals surface area contributed by atoms with Gasteiger partial charge in [-0.15, -0.1) is 0 Å². The second-order valence-electron chi connectivity index (χ2n) is 4.30. The molecule has 100 valence electrons. The molecule has 3 N–H and O–H groups in total. The highest BCUT2D eigenvalue weighted by Crippen LogP contribution is 2.25. The molecule has 1 rings (SSSR count). The number of hydrogen-bond donors (Lipinski definition) is 2. The minimum absolute atomic E-state index is 0.120. The number of anilines is 1. The van der Waals surface area contributed by atoms with Gasteiger partial charge < -0.3 is 11.1 Å². The lowest BCUT2D eigenvalue weighted by atomic mass is 10.1. The molecule has 1 aromatic carbocycles. The molecule has 0 aliphatic heterocycles. The molecule has 0 heterocycles. The molecule has 1 atom stereocenters. The molecule has 0 aromatic heterocycles. The van der Waals surface area contributed by atoms with Crippen molar-refractivity contribution in [3.05, 3.63) is 27.7 Å². The number of nitrogens with one attached hydrogen (secondary N) is 1. The summed E-state index contributed by atoms with van der Waals surface area (Å²) in [5, 5.41) is 2.87. The van der Waals surface area contributed by atoms with Gasteiger partial charge >= 0.3 is 0 Å². The number of rotatable bonds is 5. The van der Waals surface area contributed by atoms with E-state index in [0.717, 1.165) is 27.0 Å². The largest absolute Gasteiger partial charge is 0.325 e. The van der Waals surface area contributed by atoms with Gasteiger partial charge in [0, 0.05) is 10.2 Å². The first kappa shape index (κ1) is 15.5. The number of nitrogens with two attached hydrogens (primary N) is 1. The Balaban J connectivity index is 2.70. The summed E-state index contributed by atoms with van der Waals surface area (Å²) < 4.78 is 1.08. The molecule has 5 heteroatoms. The van der Waals surface area contributed by atoms with Crippen LogP contribution < -0.4 is 11.1 Å². The molecule has 0 fully saturated rings. The predicted molar refractivity (Wildman–Crippen MR) is 83.2 cm³/mol. The van der Waals surface area contributed by atoms with E-state index in [1.54, 1.807) is 11.8 Å². The summed E-state index contributed by atoms with van der Waals surface area (Å²) in [6, 6.07) is 3.44. The first-order valence-corrected chi connectivity index (χ1v) is 7.96. The van der Waals surface area contributed by atoms with Crippen LogP contribution in [0.3, 0.4) is 0 Å². The Morgan fingerprint density at radius 1 is 1.44 bits per heavy atom. The average Bonchev–Trinajstić information content (AvgIpc) is 2.32. The lowest BCUT2D eigenvalue weighted by Crippen LogP contribution is -2.36.